The first-order valence-electron chi connectivity index (χ1n) is 11.4. The predicted molar refractivity (Wildman–Crippen MR) is 113 cm³/mol. The summed E-state index contributed by atoms with van der Waals surface area (Å²) in [5.41, 5.74) is -1.61. The van der Waals surface area contributed by atoms with Crippen LogP contribution in [0.4, 0.5) is 0 Å². The lowest BCUT2D eigenvalue weighted by molar-refractivity contribution is -0.186. The number of allylic oxidation sites excluding steroid dienone is 1. The normalized spacial score (nSPS) is 47.4. The Morgan fingerprint density at radius 1 is 1.41 bits per heavy atom. The van der Waals surface area contributed by atoms with Gasteiger partial charge in [-0.3, -0.25) is 4.79 Å². The lowest BCUT2D eigenvalue weighted by Crippen LogP contribution is -2.63. The Balaban J connectivity index is 1.89. The van der Waals surface area contributed by atoms with Crippen LogP contribution in [0.15, 0.2) is 11.6 Å². The Kier molecular flexibility index (Phi) is 5.22. The van der Waals surface area contributed by atoms with Crippen LogP contribution in [0.5, 0.6) is 0 Å². The van der Waals surface area contributed by atoms with E-state index in [-0.39, 0.29) is 29.0 Å². The van der Waals surface area contributed by atoms with E-state index in [4.69, 9.17) is 16.3 Å². The van der Waals surface area contributed by atoms with E-state index in [0.29, 0.717) is 25.6 Å². The number of carbonyl (C=O) groups is 2. The second kappa shape index (κ2) is 7.09. The molecule has 0 aromatic carbocycles. The maximum Gasteiger partial charge on any atom is 0.315 e. The number of fused-ring (bicyclic) bond motifs is 2. The van der Waals surface area contributed by atoms with Crippen molar-refractivity contribution in [3.8, 4) is 0 Å². The molecule has 8 atom stereocenters. The Hall–Kier alpha value is -0.870. The average Bonchev–Trinajstić information content (AvgIpc) is 3.20. The topological polar surface area (TPSA) is 63.6 Å². The van der Waals surface area contributed by atoms with Gasteiger partial charge in [-0.1, -0.05) is 45.8 Å². The van der Waals surface area contributed by atoms with Gasteiger partial charge in [-0.15, -0.1) is 11.6 Å². The van der Waals surface area contributed by atoms with Crippen LogP contribution in [-0.2, 0) is 14.3 Å². The summed E-state index contributed by atoms with van der Waals surface area (Å²) < 4.78 is 6.17. The van der Waals surface area contributed by atoms with E-state index in [0.717, 1.165) is 37.5 Å². The fourth-order valence-corrected chi connectivity index (χ4v) is 8.45. The number of halogens is 1. The molecular formula is C24H35ClO4. The number of carbonyl (C=O) groups excluding carboxylic acids is 1. The number of carboxylic acids is 1. The quantitative estimate of drug-likeness (QED) is 0.260. The maximum atomic E-state index is 13.2. The highest BCUT2D eigenvalue weighted by atomic mass is 35.5. The van der Waals surface area contributed by atoms with Gasteiger partial charge in [0.05, 0.1) is 12.0 Å². The van der Waals surface area contributed by atoms with Gasteiger partial charge in [0.15, 0.2) is 0 Å². The number of unbranched alkanes of at least 4 members (excludes halogenated alkanes) is 1. The zero-order chi connectivity index (χ0) is 21.2. The predicted octanol–water partition coefficient (Wildman–Crippen LogP) is 4.95. The molecule has 3 saturated carbocycles. The lowest BCUT2D eigenvalue weighted by atomic mass is 9.43. The molecule has 0 radical (unpaired) electrons. The van der Waals surface area contributed by atoms with Crippen molar-refractivity contribution in [3.63, 3.8) is 0 Å². The molecule has 4 rings (SSSR count). The molecule has 5 heteroatoms. The van der Waals surface area contributed by atoms with Gasteiger partial charge in [0, 0.05) is 17.4 Å². The van der Waals surface area contributed by atoms with Crippen molar-refractivity contribution in [2.75, 3.05) is 13.2 Å². The smallest absolute Gasteiger partial charge is 0.315 e. The average molecular weight is 423 g/mol. The number of hydrogen-bond acceptors (Lipinski definition) is 3. The van der Waals surface area contributed by atoms with Crippen LogP contribution in [-0.4, -0.2) is 36.0 Å². The minimum Gasteiger partial charge on any atom is -0.481 e. The Morgan fingerprint density at radius 3 is 2.72 bits per heavy atom. The van der Waals surface area contributed by atoms with Crippen molar-refractivity contribution in [3.05, 3.63) is 11.6 Å². The largest absolute Gasteiger partial charge is 0.481 e. The van der Waals surface area contributed by atoms with E-state index < -0.39 is 22.2 Å². The van der Waals surface area contributed by atoms with Gasteiger partial charge < -0.3 is 14.6 Å². The fraction of sp³-hybridized carbons (Fsp3) is 0.833. The number of carboxylic acid groups (broad SMARTS) is 1. The van der Waals surface area contributed by atoms with Crippen LogP contribution in [0, 0.1) is 45.8 Å². The fourth-order valence-electron chi connectivity index (χ4n) is 8.07. The number of ether oxygens (including phenoxy) is 1. The third kappa shape index (κ3) is 2.36. The van der Waals surface area contributed by atoms with Gasteiger partial charge >= 0.3 is 5.97 Å². The van der Waals surface area contributed by atoms with Crippen LogP contribution < -0.4 is 0 Å². The van der Waals surface area contributed by atoms with Crippen LogP contribution in [0.1, 0.15) is 59.8 Å². The first kappa shape index (κ1) is 21.4. The molecule has 29 heavy (non-hydrogen) atoms. The summed E-state index contributed by atoms with van der Waals surface area (Å²) in [5, 5.41) is 10.9. The molecular weight excluding hydrogens is 388 g/mol. The van der Waals surface area contributed by atoms with E-state index in [2.05, 4.69) is 33.8 Å². The summed E-state index contributed by atoms with van der Waals surface area (Å²) in [7, 11) is 0. The molecule has 3 fully saturated rings. The molecule has 0 aliphatic heterocycles. The molecule has 3 unspecified atom stereocenters. The Morgan fingerprint density at radius 2 is 2.14 bits per heavy atom. The van der Waals surface area contributed by atoms with E-state index in [1.165, 1.54) is 0 Å². The van der Waals surface area contributed by atoms with Crippen LogP contribution in [0.3, 0.4) is 0 Å². The summed E-state index contributed by atoms with van der Waals surface area (Å²) in [5.74, 6) is -0.0167. The number of hydrogen-bond donors (Lipinski definition) is 1. The van der Waals surface area contributed by atoms with Crippen molar-refractivity contribution in [2.24, 2.45) is 45.8 Å². The molecule has 162 valence electrons. The maximum absolute atomic E-state index is 13.2. The zero-order valence-electron chi connectivity index (χ0n) is 18.1. The van der Waals surface area contributed by atoms with E-state index >= 15 is 0 Å². The molecule has 0 aromatic rings. The second-order valence-electron chi connectivity index (χ2n) is 10.4. The van der Waals surface area contributed by atoms with Crippen LogP contribution >= 0.6 is 11.6 Å². The molecule has 0 heterocycles. The van der Waals surface area contributed by atoms with E-state index in [1.807, 2.05) is 0 Å². The monoisotopic (exact) mass is 422 g/mol. The molecule has 0 aromatic heterocycles. The molecule has 0 amide bonds. The number of alkyl halides is 1. The molecule has 4 aliphatic rings. The lowest BCUT2D eigenvalue weighted by Gasteiger charge is -2.58. The van der Waals surface area contributed by atoms with Gasteiger partial charge in [0.1, 0.15) is 11.7 Å². The van der Waals surface area contributed by atoms with Gasteiger partial charge in [0.2, 0.25) is 0 Å². The molecule has 4 nitrogen and oxygen atoms in total. The van der Waals surface area contributed by atoms with Gasteiger partial charge in [-0.2, -0.15) is 0 Å². The Bertz CT molecular complexity index is 732. The summed E-state index contributed by atoms with van der Waals surface area (Å²) in [6, 6.07) is 0. The molecule has 0 saturated heterocycles. The van der Waals surface area contributed by atoms with Crippen LogP contribution in [0.2, 0.25) is 0 Å². The molecule has 0 spiro atoms. The third-order valence-electron chi connectivity index (χ3n) is 9.18. The van der Waals surface area contributed by atoms with Crippen molar-refractivity contribution in [1.29, 1.82) is 0 Å². The second-order valence-corrected chi connectivity index (χ2v) is 11.0. The van der Waals surface area contributed by atoms with Crippen molar-refractivity contribution >= 4 is 23.9 Å². The van der Waals surface area contributed by atoms with Gasteiger partial charge in [0.25, 0.3) is 0 Å². The molecule has 4 bridgehead atoms. The number of aldehydes is 1. The third-order valence-corrected chi connectivity index (χ3v) is 9.76. The first-order chi connectivity index (χ1) is 13.7. The summed E-state index contributed by atoms with van der Waals surface area (Å²) in [4.78, 5) is 26.1. The summed E-state index contributed by atoms with van der Waals surface area (Å²) >= 11 is 6.70. The zero-order valence-corrected chi connectivity index (χ0v) is 18.9. The minimum absolute atomic E-state index is 0.00934. The van der Waals surface area contributed by atoms with Crippen molar-refractivity contribution in [2.45, 2.75) is 65.2 Å². The number of rotatable bonds is 8. The van der Waals surface area contributed by atoms with Gasteiger partial charge in [-0.05, 0) is 55.3 Å². The highest BCUT2D eigenvalue weighted by Crippen LogP contribution is 2.82. The van der Waals surface area contributed by atoms with E-state index in [9.17, 15) is 14.7 Å². The highest BCUT2D eigenvalue weighted by molar-refractivity contribution is 6.21. The van der Waals surface area contributed by atoms with E-state index in [1.54, 1.807) is 0 Å². The standard InChI is InChI=1S/C24H35ClO4/c1-5-6-7-29-13-23-11-17-15(4)20(25)9-19(17)22(12-26)10-16(23)8-18(14(2)3)24(22,23)21(27)28/h8,12,14-17,19-20H,5-7,9-11,13H2,1-4H3,(H,27,28)/t15-,16-,17?,19?,20+,22-,23?,24+/m0/s1. The SMILES string of the molecule is CCCCOCC12CC3C(C[C@@H](Cl)[C@H]3C)[C@@]3(C=O)C[C@@H]1C=C(C(C)C)[C@]23C(=O)O. The minimum atomic E-state index is -1.16. The van der Waals surface area contributed by atoms with Gasteiger partial charge in [-0.25, -0.2) is 0 Å². The molecule has 1 N–H and O–H groups in total. The molecule has 4 aliphatic carbocycles. The summed E-state index contributed by atoms with van der Waals surface area (Å²) in [6.07, 6.45) is 7.44. The number of aliphatic carboxylic acids is 1. The van der Waals surface area contributed by atoms with Crippen LogP contribution in [0.25, 0.3) is 0 Å². The highest BCUT2D eigenvalue weighted by Gasteiger charge is 2.84. The van der Waals surface area contributed by atoms with Crippen molar-refractivity contribution < 1.29 is 19.4 Å². The summed E-state index contributed by atoms with van der Waals surface area (Å²) in [6.45, 7) is 9.51. The first-order valence-corrected chi connectivity index (χ1v) is 11.8. The Labute approximate surface area is 179 Å². The van der Waals surface area contributed by atoms with Crippen molar-refractivity contribution in [1.82, 2.24) is 0 Å².